The van der Waals surface area contributed by atoms with Gasteiger partial charge in [0, 0.05) is 15.1 Å². The molecule has 1 heterocycles. The Labute approximate surface area is 135 Å². The molecule has 0 radical (unpaired) electrons. The number of halogens is 1. The van der Waals surface area contributed by atoms with Crippen molar-refractivity contribution in [2.24, 2.45) is 0 Å². The van der Waals surface area contributed by atoms with Crippen LogP contribution in [0.2, 0.25) is 0 Å². The first-order valence-electron chi connectivity index (χ1n) is 6.41. The molecule has 1 atom stereocenters. The van der Waals surface area contributed by atoms with Gasteiger partial charge in [0.2, 0.25) is 5.91 Å². The smallest absolute Gasteiger partial charge is 0.232 e. The van der Waals surface area contributed by atoms with E-state index >= 15 is 0 Å². The molecule has 3 rings (SSSR count). The van der Waals surface area contributed by atoms with Crippen molar-refractivity contribution in [2.75, 3.05) is 11.1 Å². The summed E-state index contributed by atoms with van der Waals surface area (Å²) >= 11 is 5.02. The van der Waals surface area contributed by atoms with Gasteiger partial charge in [0.15, 0.2) is 0 Å². The number of fused-ring (bicyclic) bond motifs is 1. The van der Waals surface area contributed by atoms with Gasteiger partial charge in [-0.05, 0) is 29.8 Å². The molecule has 0 aromatic heterocycles. The van der Waals surface area contributed by atoms with Gasteiger partial charge in [-0.1, -0.05) is 34.1 Å². The van der Waals surface area contributed by atoms with Gasteiger partial charge in [-0.2, -0.15) is 5.26 Å². The fraction of sp³-hybridized carbons (Fsp3) is 0.125. The molecule has 0 aliphatic carbocycles. The van der Waals surface area contributed by atoms with Crippen LogP contribution in [0.4, 0.5) is 5.69 Å². The zero-order chi connectivity index (χ0) is 14.8. The Morgan fingerprint density at radius 1 is 1.33 bits per heavy atom. The van der Waals surface area contributed by atoms with Crippen molar-refractivity contribution in [3.05, 3.63) is 58.1 Å². The summed E-state index contributed by atoms with van der Waals surface area (Å²) in [5.41, 5.74) is 2.08. The van der Waals surface area contributed by atoms with Crippen LogP contribution >= 0.6 is 27.7 Å². The summed E-state index contributed by atoms with van der Waals surface area (Å²) in [6.07, 6.45) is 0. The minimum atomic E-state index is -0.165. The number of anilines is 1. The van der Waals surface area contributed by atoms with Crippen molar-refractivity contribution < 1.29 is 4.79 Å². The van der Waals surface area contributed by atoms with Crippen LogP contribution in [0, 0.1) is 11.3 Å². The maximum Gasteiger partial charge on any atom is 0.232 e. The zero-order valence-corrected chi connectivity index (χ0v) is 13.4. The highest BCUT2D eigenvalue weighted by atomic mass is 79.9. The zero-order valence-electron chi connectivity index (χ0n) is 11.0. The summed E-state index contributed by atoms with van der Waals surface area (Å²) in [5.74, 6) is 0.511. The number of carbonyl (C=O) groups is 1. The van der Waals surface area contributed by atoms with Gasteiger partial charge in [0.1, 0.15) is 6.07 Å². The molecule has 104 valence electrons. The molecule has 0 saturated carbocycles. The highest BCUT2D eigenvalue weighted by Gasteiger charge is 2.29. The van der Waals surface area contributed by atoms with Gasteiger partial charge >= 0.3 is 0 Å². The standard InChI is InChI=1S/C16H11BrN2OS/c17-11-5-6-14(10(7-11)8-18)19-16(20)13-9-21-15-4-2-1-3-12(13)15/h1-7,13H,9H2,(H,19,20). The van der Waals surface area contributed by atoms with E-state index in [0.29, 0.717) is 11.3 Å². The molecule has 0 bridgehead atoms. The van der Waals surface area contributed by atoms with Gasteiger partial charge in [-0.15, -0.1) is 11.8 Å². The maximum absolute atomic E-state index is 12.5. The lowest BCUT2D eigenvalue weighted by Crippen LogP contribution is -2.21. The SMILES string of the molecule is N#Cc1cc(Br)ccc1NC(=O)C1CSc2ccccc21. The fourth-order valence-corrected chi connectivity index (χ4v) is 3.91. The molecule has 5 heteroatoms. The highest BCUT2D eigenvalue weighted by Crippen LogP contribution is 2.39. The first-order chi connectivity index (χ1) is 10.2. The molecule has 1 unspecified atom stereocenters. The largest absolute Gasteiger partial charge is 0.324 e. The first kappa shape index (κ1) is 14.2. The van der Waals surface area contributed by atoms with E-state index in [9.17, 15) is 4.79 Å². The second-order valence-electron chi connectivity index (χ2n) is 4.69. The third kappa shape index (κ3) is 2.82. The first-order valence-corrected chi connectivity index (χ1v) is 8.19. The third-order valence-corrected chi connectivity index (χ3v) is 5.05. The van der Waals surface area contributed by atoms with Crippen LogP contribution in [0.15, 0.2) is 51.8 Å². The van der Waals surface area contributed by atoms with E-state index in [0.717, 1.165) is 20.7 Å². The number of benzene rings is 2. The second kappa shape index (κ2) is 5.92. The third-order valence-electron chi connectivity index (χ3n) is 3.38. The molecule has 1 amide bonds. The van der Waals surface area contributed by atoms with E-state index in [4.69, 9.17) is 5.26 Å². The van der Waals surface area contributed by atoms with E-state index < -0.39 is 0 Å². The summed E-state index contributed by atoms with van der Waals surface area (Å²) in [5, 5.41) is 12.0. The number of rotatable bonds is 2. The Kier molecular flexibility index (Phi) is 4.00. The average molecular weight is 359 g/mol. The van der Waals surface area contributed by atoms with Crippen LogP contribution in [0.5, 0.6) is 0 Å². The minimum absolute atomic E-state index is 0.0636. The predicted molar refractivity (Wildman–Crippen MR) is 87.4 cm³/mol. The van der Waals surface area contributed by atoms with Gasteiger partial charge in [-0.3, -0.25) is 4.79 Å². The number of hydrogen-bond donors (Lipinski definition) is 1. The average Bonchev–Trinajstić information content (AvgIpc) is 2.93. The number of nitrogens with zero attached hydrogens (tertiary/aromatic N) is 1. The van der Waals surface area contributed by atoms with Crippen molar-refractivity contribution >= 4 is 39.3 Å². The minimum Gasteiger partial charge on any atom is -0.324 e. The Hall–Kier alpha value is -1.77. The van der Waals surface area contributed by atoms with Gasteiger partial charge in [0.05, 0.1) is 17.2 Å². The maximum atomic E-state index is 12.5. The predicted octanol–water partition coefficient (Wildman–Crippen LogP) is 4.15. The van der Waals surface area contributed by atoms with E-state index in [-0.39, 0.29) is 11.8 Å². The van der Waals surface area contributed by atoms with Crippen molar-refractivity contribution in [3.63, 3.8) is 0 Å². The molecule has 1 aliphatic rings. The molecule has 2 aromatic rings. The molecule has 2 aromatic carbocycles. The second-order valence-corrected chi connectivity index (χ2v) is 6.67. The van der Waals surface area contributed by atoms with Gasteiger partial charge in [0.25, 0.3) is 0 Å². The molecule has 3 nitrogen and oxygen atoms in total. The van der Waals surface area contributed by atoms with Crippen molar-refractivity contribution in [1.82, 2.24) is 0 Å². The summed E-state index contributed by atoms with van der Waals surface area (Å²) < 4.78 is 0.818. The number of nitriles is 1. The molecule has 0 fully saturated rings. The van der Waals surface area contributed by atoms with E-state index in [1.807, 2.05) is 30.3 Å². The quantitative estimate of drug-likeness (QED) is 0.877. The van der Waals surface area contributed by atoms with E-state index in [2.05, 4.69) is 27.3 Å². The Balaban J connectivity index is 1.84. The molecule has 1 N–H and O–H groups in total. The molecule has 0 saturated heterocycles. The van der Waals surface area contributed by atoms with Crippen molar-refractivity contribution in [3.8, 4) is 6.07 Å². The number of amides is 1. The monoisotopic (exact) mass is 358 g/mol. The van der Waals surface area contributed by atoms with Gasteiger partial charge < -0.3 is 5.32 Å². The van der Waals surface area contributed by atoms with Crippen LogP contribution in [0.3, 0.4) is 0 Å². The summed E-state index contributed by atoms with van der Waals surface area (Å²) in [6.45, 7) is 0. The summed E-state index contributed by atoms with van der Waals surface area (Å²) in [6, 6.07) is 15.3. The fourth-order valence-electron chi connectivity index (χ4n) is 2.32. The number of hydrogen-bond acceptors (Lipinski definition) is 3. The molecule has 21 heavy (non-hydrogen) atoms. The van der Waals surface area contributed by atoms with Crippen LogP contribution in [-0.4, -0.2) is 11.7 Å². The Morgan fingerprint density at radius 2 is 2.14 bits per heavy atom. The topological polar surface area (TPSA) is 52.9 Å². The molecule has 0 spiro atoms. The van der Waals surface area contributed by atoms with Crippen molar-refractivity contribution in [2.45, 2.75) is 10.8 Å². The van der Waals surface area contributed by atoms with Crippen LogP contribution in [0.1, 0.15) is 17.0 Å². The Morgan fingerprint density at radius 3 is 2.95 bits per heavy atom. The summed E-state index contributed by atoms with van der Waals surface area (Å²) in [4.78, 5) is 13.6. The van der Waals surface area contributed by atoms with Gasteiger partial charge in [-0.25, -0.2) is 0 Å². The number of carbonyl (C=O) groups excluding carboxylic acids is 1. The number of thioether (sulfide) groups is 1. The highest BCUT2D eigenvalue weighted by molar-refractivity contribution is 9.10. The lowest BCUT2D eigenvalue weighted by atomic mass is 10.0. The molecular weight excluding hydrogens is 348 g/mol. The molecule has 1 aliphatic heterocycles. The van der Waals surface area contributed by atoms with Crippen LogP contribution in [-0.2, 0) is 4.79 Å². The van der Waals surface area contributed by atoms with Crippen LogP contribution < -0.4 is 5.32 Å². The van der Waals surface area contributed by atoms with E-state index in [1.165, 1.54) is 0 Å². The summed E-state index contributed by atoms with van der Waals surface area (Å²) in [7, 11) is 0. The lowest BCUT2D eigenvalue weighted by molar-refractivity contribution is -0.117. The van der Waals surface area contributed by atoms with Crippen molar-refractivity contribution in [1.29, 1.82) is 5.26 Å². The normalized spacial score (nSPS) is 16.1. The van der Waals surface area contributed by atoms with Crippen LogP contribution in [0.25, 0.3) is 0 Å². The van der Waals surface area contributed by atoms with E-state index in [1.54, 1.807) is 23.9 Å². The lowest BCUT2D eigenvalue weighted by Gasteiger charge is -2.12. The number of nitrogens with one attached hydrogen (secondary N) is 1. The Bertz CT molecular complexity index is 754. The molecular formula is C16H11BrN2OS.